The van der Waals surface area contributed by atoms with Crippen molar-refractivity contribution in [3.63, 3.8) is 0 Å². The molecule has 0 aliphatic carbocycles. The number of nitro groups is 1. The van der Waals surface area contributed by atoms with Crippen LogP contribution >= 0.6 is 27.7 Å². The van der Waals surface area contributed by atoms with Gasteiger partial charge in [-0.15, -0.1) is 0 Å². The van der Waals surface area contributed by atoms with E-state index in [1.807, 2.05) is 0 Å². The van der Waals surface area contributed by atoms with Crippen LogP contribution in [0, 0.1) is 15.9 Å². The first-order chi connectivity index (χ1) is 8.56. The fourth-order valence-corrected chi connectivity index (χ4v) is 2.47. The van der Waals surface area contributed by atoms with E-state index in [4.69, 9.17) is 0 Å². The molecule has 0 N–H and O–H groups in total. The third kappa shape index (κ3) is 3.08. The SMILES string of the molecule is O=[N+]([O-])c1ccc(Sc2ccc(Br)cc2F)cc1. The van der Waals surface area contributed by atoms with E-state index < -0.39 is 4.92 Å². The third-order valence-electron chi connectivity index (χ3n) is 2.17. The van der Waals surface area contributed by atoms with Crippen LogP contribution in [0.25, 0.3) is 0 Å². The summed E-state index contributed by atoms with van der Waals surface area (Å²) in [5, 5.41) is 10.5. The van der Waals surface area contributed by atoms with Gasteiger partial charge in [0, 0.05) is 26.4 Å². The van der Waals surface area contributed by atoms with Crippen LogP contribution in [0.4, 0.5) is 10.1 Å². The molecule has 0 saturated heterocycles. The van der Waals surface area contributed by atoms with Gasteiger partial charge in [0.25, 0.3) is 5.69 Å². The van der Waals surface area contributed by atoms with Gasteiger partial charge in [-0.25, -0.2) is 4.39 Å². The van der Waals surface area contributed by atoms with Gasteiger partial charge >= 0.3 is 0 Å². The van der Waals surface area contributed by atoms with Crippen molar-refractivity contribution in [2.45, 2.75) is 9.79 Å². The van der Waals surface area contributed by atoms with Crippen LogP contribution in [0.1, 0.15) is 0 Å². The third-order valence-corrected chi connectivity index (χ3v) is 3.72. The summed E-state index contributed by atoms with van der Waals surface area (Å²) < 4.78 is 14.3. The number of nitro benzene ring substituents is 1. The highest BCUT2D eigenvalue weighted by molar-refractivity contribution is 9.10. The summed E-state index contributed by atoms with van der Waals surface area (Å²) in [4.78, 5) is 11.3. The van der Waals surface area contributed by atoms with Gasteiger partial charge in [0.2, 0.25) is 0 Å². The first-order valence-corrected chi connectivity index (χ1v) is 6.54. The summed E-state index contributed by atoms with van der Waals surface area (Å²) >= 11 is 4.41. The molecule has 0 fully saturated rings. The molecule has 0 atom stereocenters. The predicted octanol–water partition coefficient (Wildman–Crippen LogP) is 4.65. The maximum absolute atomic E-state index is 13.6. The average Bonchev–Trinajstić information content (AvgIpc) is 2.33. The number of rotatable bonds is 3. The first-order valence-electron chi connectivity index (χ1n) is 4.93. The second-order valence-corrected chi connectivity index (χ2v) is 5.46. The Hall–Kier alpha value is -1.40. The van der Waals surface area contributed by atoms with Crippen molar-refractivity contribution >= 4 is 33.4 Å². The van der Waals surface area contributed by atoms with Gasteiger partial charge in [-0.1, -0.05) is 27.7 Å². The van der Waals surface area contributed by atoms with Crippen LogP contribution in [0.15, 0.2) is 56.7 Å². The normalized spacial score (nSPS) is 10.3. The van der Waals surface area contributed by atoms with Crippen molar-refractivity contribution in [2.75, 3.05) is 0 Å². The van der Waals surface area contributed by atoms with Crippen molar-refractivity contribution in [3.8, 4) is 0 Å². The quantitative estimate of drug-likeness (QED) is 0.608. The minimum Gasteiger partial charge on any atom is -0.258 e. The van der Waals surface area contributed by atoms with E-state index in [0.29, 0.717) is 9.37 Å². The summed E-state index contributed by atoms with van der Waals surface area (Å²) in [6, 6.07) is 10.8. The van der Waals surface area contributed by atoms with E-state index in [1.165, 1.54) is 30.0 Å². The molecule has 0 amide bonds. The van der Waals surface area contributed by atoms with Crippen LogP contribution in [-0.2, 0) is 0 Å². The topological polar surface area (TPSA) is 43.1 Å². The number of benzene rings is 2. The van der Waals surface area contributed by atoms with Gasteiger partial charge in [0.15, 0.2) is 0 Å². The van der Waals surface area contributed by atoms with Crippen LogP contribution in [0.5, 0.6) is 0 Å². The average molecular weight is 328 g/mol. The Morgan fingerprint density at radius 3 is 2.39 bits per heavy atom. The summed E-state index contributed by atoms with van der Waals surface area (Å²) in [5.74, 6) is -0.326. The monoisotopic (exact) mass is 327 g/mol. The maximum Gasteiger partial charge on any atom is 0.269 e. The van der Waals surface area contributed by atoms with Crippen LogP contribution in [0.2, 0.25) is 0 Å². The number of hydrogen-bond donors (Lipinski definition) is 0. The molecule has 0 aliphatic rings. The van der Waals surface area contributed by atoms with Gasteiger partial charge in [-0.05, 0) is 30.3 Å². The van der Waals surface area contributed by atoms with Gasteiger partial charge in [-0.2, -0.15) is 0 Å². The molecule has 0 aromatic heterocycles. The van der Waals surface area contributed by atoms with Crippen molar-refractivity contribution < 1.29 is 9.31 Å². The van der Waals surface area contributed by atoms with Crippen molar-refractivity contribution in [1.82, 2.24) is 0 Å². The summed E-state index contributed by atoms with van der Waals surface area (Å²) in [7, 11) is 0. The maximum atomic E-state index is 13.6. The Labute approximate surface area is 115 Å². The Bertz CT molecular complexity index is 589. The second-order valence-electron chi connectivity index (χ2n) is 3.43. The molecule has 0 spiro atoms. The van der Waals surface area contributed by atoms with E-state index in [2.05, 4.69) is 15.9 Å². The number of nitrogens with zero attached hydrogens (tertiary/aromatic N) is 1. The lowest BCUT2D eigenvalue weighted by Gasteiger charge is -2.03. The zero-order valence-corrected chi connectivity index (χ0v) is 11.4. The molecule has 18 heavy (non-hydrogen) atoms. The van der Waals surface area contributed by atoms with Crippen molar-refractivity contribution in [2.24, 2.45) is 0 Å². The van der Waals surface area contributed by atoms with E-state index >= 15 is 0 Å². The fraction of sp³-hybridized carbons (Fsp3) is 0. The molecular weight excluding hydrogens is 321 g/mol. The molecule has 92 valence electrons. The minimum absolute atomic E-state index is 0.0237. The summed E-state index contributed by atoms with van der Waals surface area (Å²) in [6.45, 7) is 0. The Morgan fingerprint density at radius 1 is 1.17 bits per heavy atom. The van der Waals surface area contributed by atoms with Crippen molar-refractivity contribution in [1.29, 1.82) is 0 Å². The van der Waals surface area contributed by atoms with Gasteiger partial charge < -0.3 is 0 Å². The number of halogens is 2. The molecule has 0 heterocycles. The summed E-state index contributed by atoms with van der Waals surface area (Å²) in [5.41, 5.74) is 0.0237. The van der Waals surface area contributed by atoms with Crippen LogP contribution < -0.4 is 0 Å². The standard InChI is InChI=1S/C12H7BrFNO2S/c13-8-1-6-12(11(14)7-8)18-10-4-2-9(3-5-10)15(16)17/h1-7H. The Balaban J connectivity index is 2.21. The smallest absolute Gasteiger partial charge is 0.258 e. The Morgan fingerprint density at radius 2 is 1.83 bits per heavy atom. The molecule has 2 aromatic rings. The molecule has 2 rings (SSSR count). The van der Waals surface area contributed by atoms with Gasteiger partial charge in [0.1, 0.15) is 5.82 Å². The number of non-ortho nitro benzene ring substituents is 1. The lowest BCUT2D eigenvalue weighted by molar-refractivity contribution is -0.384. The number of hydrogen-bond acceptors (Lipinski definition) is 3. The van der Waals surface area contributed by atoms with Crippen LogP contribution in [0.3, 0.4) is 0 Å². The second kappa shape index (κ2) is 5.49. The van der Waals surface area contributed by atoms with Gasteiger partial charge in [0.05, 0.1) is 4.92 Å². The fourth-order valence-electron chi connectivity index (χ4n) is 1.32. The Kier molecular flexibility index (Phi) is 3.98. The highest BCUT2D eigenvalue weighted by Gasteiger charge is 2.07. The van der Waals surface area contributed by atoms with Crippen LogP contribution in [-0.4, -0.2) is 4.92 Å². The molecule has 0 bridgehead atoms. The van der Waals surface area contributed by atoms with Crippen molar-refractivity contribution in [3.05, 3.63) is 62.9 Å². The lowest BCUT2D eigenvalue weighted by atomic mass is 10.3. The van der Waals surface area contributed by atoms with E-state index in [9.17, 15) is 14.5 Å². The first kappa shape index (κ1) is 13.0. The van der Waals surface area contributed by atoms with Gasteiger partial charge in [-0.3, -0.25) is 10.1 Å². The summed E-state index contributed by atoms with van der Waals surface area (Å²) in [6.07, 6.45) is 0. The molecule has 0 radical (unpaired) electrons. The minimum atomic E-state index is -0.464. The molecule has 0 saturated carbocycles. The van der Waals surface area contributed by atoms with E-state index in [-0.39, 0.29) is 11.5 Å². The lowest BCUT2D eigenvalue weighted by Crippen LogP contribution is -1.87. The molecular formula is C12H7BrFNO2S. The van der Waals surface area contributed by atoms with E-state index in [1.54, 1.807) is 24.3 Å². The molecule has 2 aromatic carbocycles. The largest absolute Gasteiger partial charge is 0.269 e. The zero-order valence-electron chi connectivity index (χ0n) is 8.97. The molecule has 0 aliphatic heterocycles. The molecule has 6 heteroatoms. The van der Waals surface area contributed by atoms with E-state index in [0.717, 1.165) is 4.90 Å². The predicted molar refractivity (Wildman–Crippen MR) is 71.3 cm³/mol. The molecule has 3 nitrogen and oxygen atoms in total. The zero-order chi connectivity index (χ0) is 13.1. The molecule has 0 unspecified atom stereocenters. The highest BCUT2D eigenvalue weighted by Crippen LogP contribution is 2.31. The highest BCUT2D eigenvalue weighted by atomic mass is 79.9.